The molecule has 0 saturated heterocycles. The van der Waals surface area contributed by atoms with Crippen LogP contribution >= 0.6 is 0 Å². The molecule has 2 heteroatoms. The van der Waals surface area contributed by atoms with E-state index < -0.39 is 0 Å². The summed E-state index contributed by atoms with van der Waals surface area (Å²) in [6, 6.07) is 15.2. The van der Waals surface area contributed by atoms with Crippen molar-refractivity contribution in [1.29, 1.82) is 0 Å². The Morgan fingerprint density at radius 3 is 1.97 bits per heavy atom. The monoisotopic (exact) mass is 400 g/mol. The van der Waals surface area contributed by atoms with Gasteiger partial charge in [-0.15, -0.1) is 0 Å². The van der Waals surface area contributed by atoms with E-state index in [9.17, 15) is 0 Å². The largest absolute Gasteiger partial charge is 0.278 e. The number of rotatable bonds is 6. The SMILES string of the molecule is CC1=C(C)C(C)C(c2ccccc2C=NNc2c(C(C)C)cccc2C(C)C)=C1C. The molecule has 1 aliphatic carbocycles. The molecule has 1 atom stereocenters. The first-order chi connectivity index (χ1) is 14.2. The van der Waals surface area contributed by atoms with Crippen molar-refractivity contribution in [1.82, 2.24) is 0 Å². The average Bonchev–Trinajstić information content (AvgIpc) is 2.91. The van der Waals surface area contributed by atoms with Crippen molar-refractivity contribution in [3.8, 4) is 0 Å². The predicted molar refractivity (Wildman–Crippen MR) is 132 cm³/mol. The maximum Gasteiger partial charge on any atom is 0.0630 e. The number of nitrogens with zero attached hydrogens (tertiary/aromatic N) is 1. The normalized spacial score (nSPS) is 17.2. The first-order valence-electron chi connectivity index (χ1n) is 11.1. The third-order valence-corrected chi connectivity index (χ3v) is 6.64. The summed E-state index contributed by atoms with van der Waals surface area (Å²) in [5.41, 5.74) is 15.3. The number of para-hydroxylation sites is 1. The Bertz CT molecular complexity index is 992. The van der Waals surface area contributed by atoms with Crippen molar-refractivity contribution in [2.24, 2.45) is 11.0 Å². The van der Waals surface area contributed by atoms with Crippen molar-refractivity contribution in [3.05, 3.63) is 81.4 Å². The number of anilines is 1. The van der Waals surface area contributed by atoms with Crippen LogP contribution in [-0.2, 0) is 0 Å². The summed E-state index contributed by atoms with van der Waals surface area (Å²) in [4.78, 5) is 0. The molecule has 2 aromatic carbocycles. The highest BCUT2D eigenvalue weighted by atomic mass is 15.3. The number of hydrogen-bond acceptors (Lipinski definition) is 2. The van der Waals surface area contributed by atoms with Crippen LogP contribution in [-0.4, -0.2) is 6.21 Å². The second-order valence-corrected chi connectivity index (χ2v) is 9.15. The second-order valence-electron chi connectivity index (χ2n) is 9.15. The van der Waals surface area contributed by atoms with Gasteiger partial charge in [0.15, 0.2) is 0 Å². The summed E-state index contributed by atoms with van der Waals surface area (Å²) >= 11 is 0. The zero-order valence-corrected chi connectivity index (χ0v) is 19.8. The molecule has 0 radical (unpaired) electrons. The van der Waals surface area contributed by atoms with Crippen LogP contribution in [0, 0.1) is 5.92 Å². The van der Waals surface area contributed by atoms with Crippen LogP contribution in [0.3, 0.4) is 0 Å². The Morgan fingerprint density at radius 1 is 0.833 bits per heavy atom. The van der Waals surface area contributed by atoms with Crippen molar-refractivity contribution in [3.63, 3.8) is 0 Å². The molecule has 1 N–H and O–H groups in total. The van der Waals surface area contributed by atoms with E-state index in [1.54, 1.807) is 0 Å². The van der Waals surface area contributed by atoms with Gasteiger partial charge in [0.1, 0.15) is 0 Å². The van der Waals surface area contributed by atoms with Crippen molar-refractivity contribution in [2.75, 3.05) is 5.43 Å². The van der Waals surface area contributed by atoms with E-state index in [0.29, 0.717) is 17.8 Å². The minimum atomic E-state index is 0.442. The highest BCUT2D eigenvalue weighted by molar-refractivity contribution is 5.92. The molecule has 3 rings (SSSR count). The fourth-order valence-electron chi connectivity index (χ4n) is 4.50. The molecular formula is C28H36N2. The molecule has 158 valence electrons. The Labute approximate surface area is 182 Å². The quantitative estimate of drug-likeness (QED) is 0.384. The molecule has 0 heterocycles. The topological polar surface area (TPSA) is 24.4 Å². The third kappa shape index (κ3) is 4.14. The molecule has 2 nitrogen and oxygen atoms in total. The Morgan fingerprint density at radius 2 is 1.43 bits per heavy atom. The van der Waals surface area contributed by atoms with Gasteiger partial charge in [-0.25, -0.2) is 0 Å². The number of nitrogens with one attached hydrogen (secondary N) is 1. The minimum absolute atomic E-state index is 0.442. The van der Waals surface area contributed by atoms with E-state index in [2.05, 4.69) is 103 Å². The van der Waals surface area contributed by atoms with Gasteiger partial charge in [-0.3, -0.25) is 5.43 Å². The van der Waals surface area contributed by atoms with Gasteiger partial charge in [-0.1, -0.05) is 82.7 Å². The predicted octanol–water partition coefficient (Wildman–Crippen LogP) is 8.14. The van der Waals surface area contributed by atoms with Gasteiger partial charge >= 0.3 is 0 Å². The lowest BCUT2D eigenvalue weighted by Crippen LogP contribution is -2.04. The number of allylic oxidation sites excluding steroid dienone is 4. The fraction of sp³-hybridized carbons (Fsp3) is 0.393. The van der Waals surface area contributed by atoms with Crippen LogP contribution in [0.2, 0.25) is 0 Å². The number of hydrazone groups is 1. The smallest absolute Gasteiger partial charge is 0.0630 e. The van der Waals surface area contributed by atoms with Gasteiger partial charge in [0, 0.05) is 11.5 Å². The molecule has 1 unspecified atom stereocenters. The molecule has 0 saturated carbocycles. The summed E-state index contributed by atoms with van der Waals surface area (Å²) in [5, 5.41) is 4.71. The molecule has 0 aliphatic heterocycles. The molecule has 1 aliphatic rings. The molecular weight excluding hydrogens is 364 g/mol. The van der Waals surface area contributed by atoms with E-state index in [1.165, 1.54) is 39.0 Å². The summed E-state index contributed by atoms with van der Waals surface area (Å²) in [7, 11) is 0. The van der Waals surface area contributed by atoms with Gasteiger partial charge in [-0.05, 0) is 66.0 Å². The van der Waals surface area contributed by atoms with Crippen molar-refractivity contribution >= 4 is 17.5 Å². The summed E-state index contributed by atoms with van der Waals surface area (Å²) < 4.78 is 0. The van der Waals surface area contributed by atoms with E-state index in [0.717, 1.165) is 11.3 Å². The summed E-state index contributed by atoms with van der Waals surface area (Å²) in [6.07, 6.45) is 1.98. The third-order valence-electron chi connectivity index (χ3n) is 6.64. The van der Waals surface area contributed by atoms with Gasteiger partial charge < -0.3 is 0 Å². The van der Waals surface area contributed by atoms with Crippen LogP contribution in [0.25, 0.3) is 5.57 Å². The zero-order chi connectivity index (χ0) is 22.0. The maximum absolute atomic E-state index is 4.71. The highest BCUT2D eigenvalue weighted by Crippen LogP contribution is 2.43. The molecule has 30 heavy (non-hydrogen) atoms. The molecule has 2 aromatic rings. The number of hydrogen-bond donors (Lipinski definition) is 1. The van der Waals surface area contributed by atoms with Crippen LogP contribution in [0.4, 0.5) is 5.69 Å². The Kier molecular flexibility index (Phi) is 6.65. The lowest BCUT2D eigenvalue weighted by molar-refractivity contribution is 0.835. The lowest BCUT2D eigenvalue weighted by atomic mass is 9.89. The van der Waals surface area contributed by atoms with Gasteiger partial charge in [-0.2, -0.15) is 5.10 Å². The Hall–Kier alpha value is -2.61. The zero-order valence-electron chi connectivity index (χ0n) is 19.8. The summed E-state index contributed by atoms with van der Waals surface area (Å²) in [6.45, 7) is 18.0. The van der Waals surface area contributed by atoms with E-state index >= 15 is 0 Å². The standard InChI is InChI=1S/C28H36N2/c1-17(2)24-14-11-15-25(18(3)4)28(24)30-29-16-23-12-9-10-13-26(23)27-21(7)19(5)20(6)22(27)8/h9-18,21,30H,1-8H3. The van der Waals surface area contributed by atoms with E-state index in [4.69, 9.17) is 5.10 Å². The van der Waals surface area contributed by atoms with E-state index in [1.807, 2.05) is 6.21 Å². The van der Waals surface area contributed by atoms with Gasteiger partial charge in [0.25, 0.3) is 0 Å². The maximum atomic E-state index is 4.71. The van der Waals surface area contributed by atoms with Crippen molar-refractivity contribution in [2.45, 2.75) is 67.2 Å². The minimum Gasteiger partial charge on any atom is -0.278 e. The first kappa shape index (κ1) is 22.1. The Balaban J connectivity index is 1.96. The van der Waals surface area contributed by atoms with Crippen LogP contribution in [0.5, 0.6) is 0 Å². The molecule has 0 amide bonds. The van der Waals surface area contributed by atoms with Crippen molar-refractivity contribution < 1.29 is 0 Å². The fourth-order valence-corrected chi connectivity index (χ4v) is 4.50. The van der Waals surface area contributed by atoms with Crippen LogP contribution in [0.15, 0.2) is 64.3 Å². The molecule has 0 fully saturated rings. The molecule has 0 bridgehead atoms. The second kappa shape index (κ2) is 9.04. The average molecular weight is 401 g/mol. The summed E-state index contributed by atoms with van der Waals surface area (Å²) in [5.74, 6) is 1.33. The number of benzene rings is 2. The molecule has 0 spiro atoms. The molecule has 0 aromatic heterocycles. The lowest BCUT2D eigenvalue weighted by Gasteiger charge is -2.19. The van der Waals surface area contributed by atoms with Crippen LogP contribution in [0.1, 0.15) is 89.5 Å². The first-order valence-corrected chi connectivity index (χ1v) is 11.1. The van der Waals surface area contributed by atoms with Crippen LogP contribution < -0.4 is 5.43 Å². The highest BCUT2D eigenvalue weighted by Gasteiger charge is 2.25. The van der Waals surface area contributed by atoms with Gasteiger partial charge in [0.2, 0.25) is 0 Å². The van der Waals surface area contributed by atoms with Gasteiger partial charge in [0.05, 0.1) is 11.9 Å². The van der Waals surface area contributed by atoms with E-state index in [-0.39, 0.29) is 0 Å².